The maximum atomic E-state index is 6.34. The molecule has 2 heterocycles. The summed E-state index contributed by atoms with van der Waals surface area (Å²) in [6.07, 6.45) is 3.73. The first-order chi connectivity index (χ1) is 23.3. The van der Waals surface area contributed by atoms with Crippen molar-refractivity contribution in [2.75, 3.05) is 0 Å². The number of nitrogens with zero attached hydrogens (tertiary/aromatic N) is 1. The Hall–Kier alpha value is -6.25. The van der Waals surface area contributed by atoms with Gasteiger partial charge < -0.3 is 4.42 Å². The van der Waals surface area contributed by atoms with E-state index in [0.29, 0.717) is 0 Å². The molecule has 0 saturated heterocycles. The highest BCUT2D eigenvalue weighted by Gasteiger charge is 2.16. The quantitative estimate of drug-likeness (QED) is 0.189. The monoisotopic (exact) mass is 597 g/mol. The molecule has 0 spiro atoms. The standard InChI is InChI=1S/C45H27NO/c1-2-9-42-38(6-1)41-8-3-7-37(45(41)47-42)31-16-14-30(15-17-31)36-23-19-33-20-24-39-35(22-18-32-21-25-40(36)44(33)43(32)39)29-12-10-28(11-13-29)34-5-4-26-46-27-34/h1-27H. The van der Waals surface area contributed by atoms with Gasteiger partial charge in [-0.25, -0.2) is 0 Å². The van der Waals surface area contributed by atoms with Crippen LogP contribution in [0.25, 0.3) is 98.8 Å². The van der Waals surface area contributed by atoms with Gasteiger partial charge in [-0.05, 0) is 83.4 Å². The average Bonchev–Trinajstić information content (AvgIpc) is 3.53. The minimum absolute atomic E-state index is 0.921. The molecule has 10 aromatic rings. The van der Waals surface area contributed by atoms with Crippen molar-refractivity contribution in [2.24, 2.45) is 0 Å². The van der Waals surface area contributed by atoms with Gasteiger partial charge in [0.1, 0.15) is 11.2 Å². The molecular formula is C45H27NO. The van der Waals surface area contributed by atoms with Gasteiger partial charge in [-0.1, -0.05) is 140 Å². The van der Waals surface area contributed by atoms with Gasteiger partial charge in [-0.3, -0.25) is 4.98 Å². The topological polar surface area (TPSA) is 26.0 Å². The summed E-state index contributed by atoms with van der Waals surface area (Å²) in [6, 6.07) is 54.8. The van der Waals surface area contributed by atoms with Crippen molar-refractivity contribution in [3.05, 3.63) is 164 Å². The first kappa shape index (κ1) is 26.0. The predicted molar refractivity (Wildman–Crippen MR) is 197 cm³/mol. The van der Waals surface area contributed by atoms with Crippen molar-refractivity contribution in [1.29, 1.82) is 0 Å². The van der Waals surface area contributed by atoms with Crippen molar-refractivity contribution in [3.8, 4) is 44.5 Å². The van der Waals surface area contributed by atoms with Crippen LogP contribution in [0, 0.1) is 0 Å². The second kappa shape index (κ2) is 10.1. The van der Waals surface area contributed by atoms with Crippen molar-refractivity contribution in [3.63, 3.8) is 0 Å². The molecule has 0 amide bonds. The number of rotatable bonds is 4. The molecule has 2 heteroatoms. The molecule has 47 heavy (non-hydrogen) atoms. The smallest absolute Gasteiger partial charge is 0.143 e. The van der Waals surface area contributed by atoms with E-state index >= 15 is 0 Å². The fourth-order valence-corrected chi connectivity index (χ4v) is 7.48. The van der Waals surface area contributed by atoms with E-state index in [1.165, 1.54) is 60.1 Å². The van der Waals surface area contributed by atoms with E-state index in [2.05, 4.69) is 138 Å². The number of hydrogen-bond donors (Lipinski definition) is 0. The van der Waals surface area contributed by atoms with Crippen LogP contribution in [0.5, 0.6) is 0 Å². The van der Waals surface area contributed by atoms with E-state index in [0.717, 1.165) is 38.6 Å². The number of aromatic nitrogens is 1. The summed E-state index contributed by atoms with van der Waals surface area (Å²) >= 11 is 0. The molecule has 218 valence electrons. The van der Waals surface area contributed by atoms with Crippen molar-refractivity contribution < 1.29 is 4.42 Å². The Kier molecular flexibility index (Phi) is 5.61. The van der Waals surface area contributed by atoms with Crippen molar-refractivity contribution in [2.45, 2.75) is 0 Å². The highest BCUT2D eigenvalue weighted by Crippen LogP contribution is 2.43. The van der Waals surface area contributed by atoms with Crippen LogP contribution in [-0.2, 0) is 0 Å². The van der Waals surface area contributed by atoms with Gasteiger partial charge in [-0.15, -0.1) is 0 Å². The number of fused-ring (bicyclic) bond motifs is 3. The Bertz CT molecular complexity index is 2760. The van der Waals surface area contributed by atoms with Crippen LogP contribution in [0.2, 0.25) is 0 Å². The van der Waals surface area contributed by atoms with Crippen LogP contribution in [0.1, 0.15) is 0 Å². The second-order valence-electron chi connectivity index (χ2n) is 12.3. The summed E-state index contributed by atoms with van der Waals surface area (Å²) in [7, 11) is 0. The van der Waals surface area contributed by atoms with Gasteiger partial charge in [-0.2, -0.15) is 0 Å². The number of pyridine rings is 1. The summed E-state index contributed by atoms with van der Waals surface area (Å²) in [5.74, 6) is 0. The van der Waals surface area contributed by atoms with Crippen LogP contribution >= 0.6 is 0 Å². The summed E-state index contributed by atoms with van der Waals surface area (Å²) in [5.41, 5.74) is 11.3. The Labute approximate surface area is 271 Å². The first-order valence-electron chi connectivity index (χ1n) is 16.0. The normalized spacial score (nSPS) is 11.8. The SMILES string of the molecule is c1cncc(-c2ccc(-c3ccc4ccc5c(-c6ccc(-c7cccc8c7oc7ccccc78)cc6)ccc6ccc3c4c65)cc2)c1. The minimum atomic E-state index is 0.921. The number of furan rings is 1. The largest absolute Gasteiger partial charge is 0.455 e. The molecule has 0 N–H and O–H groups in total. The first-order valence-corrected chi connectivity index (χ1v) is 16.0. The van der Waals surface area contributed by atoms with Gasteiger partial charge in [0.05, 0.1) is 0 Å². The zero-order chi connectivity index (χ0) is 30.9. The van der Waals surface area contributed by atoms with Crippen molar-refractivity contribution in [1.82, 2.24) is 4.98 Å². The third kappa shape index (κ3) is 4.02. The van der Waals surface area contributed by atoms with E-state index in [-0.39, 0.29) is 0 Å². The van der Waals surface area contributed by atoms with Crippen LogP contribution in [0.15, 0.2) is 168 Å². The molecule has 2 aromatic heterocycles. The summed E-state index contributed by atoms with van der Waals surface area (Å²) in [4.78, 5) is 4.29. The number of benzene rings is 8. The van der Waals surface area contributed by atoms with E-state index in [4.69, 9.17) is 4.42 Å². The molecule has 0 radical (unpaired) electrons. The molecule has 0 bridgehead atoms. The molecule has 0 aliphatic carbocycles. The zero-order valence-corrected chi connectivity index (χ0v) is 25.4. The van der Waals surface area contributed by atoms with Crippen molar-refractivity contribution >= 4 is 54.3 Å². The fourth-order valence-electron chi connectivity index (χ4n) is 7.48. The van der Waals surface area contributed by atoms with E-state index < -0.39 is 0 Å². The molecule has 0 aliphatic heterocycles. The van der Waals surface area contributed by atoms with E-state index in [9.17, 15) is 0 Å². The van der Waals surface area contributed by atoms with E-state index in [1.54, 1.807) is 0 Å². The third-order valence-corrected chi connectivity index (χ3v) is 9.77. The van der Waals surface area contributed by atoms with Crippen LogP contribution in [0.3, 0.4) is 0 Å². The molecule has 0 aliphatic rings. The Morgan fingerprint density at radius 1 is 0.362 bits per heavy atom. The molecule has 0 unspecified atom stereocenters. The highest BCUT2D eigenvalue weighted by molar-refractivity contribution is 6.27. The lowest BCUT2D eigenvalue weighted by atomic mass is 9.87. The Morgan fingerprint density at radius 2 is 0.936 bits per heavy atom. The maximum absolute atomic E-state index is 6.34. The van der Waals surface area contributed by atoms with Gasteiger partial charge in [0.2, 0.25) is 0 Å². The molecular weight excluding hydrogens is 571 g/mol. The van der Waals surface area contributed by atoms with Crippen LogP contribution in [0.4, 0.5) is 0 Å². The summed E-state index contributed by atoms with van der Waals surface area (Å²) < 4.78 is 6.34. The lowest BCUT2D eigenvalue weighted by Gasteiger charge is -2.17. The van der Waals surface area contributed by atoms with Crippen LogP contribution < -0.4 is 0 Å². The average molecular weight is 598 g/mol. The fraction of sp³-hybridized carbons (Fsp3) is 0. The summed E-state index contributed by atoms with van der Waals surface area (Å²) in [6.45, 7) is 0. The molecule has 0 saturated carbocycles. The lowest BCUT2D eigenvalue weighted by Crippen LogP contribution is -1.90. The Balaban J connectivity index is 1.08. The maximum Gasteiger partial charge on any atom is 0.143 e. The zero-order valence-electron chi connectivity index (χ0n) is 25.4. The minimum Gasteiger partial charge on any atom is -0.455 e. The number of para-hydroxylation sites is 2. The van der Waals surface area contributed by atoms with E-state index in [1.807, 2.05) is 30.6 Å². The van der Waals surface area contributed by atoms with Gasteiger partial charge in [0, 0.05) is 28.7 Å². The van der Waals surface area contributed by atoms with Gasteiger partial charge in [0.25, 0.3) is 0 Å². The van der Waals surface area contributed by atoms with Gasteiger partial charge in [0.15, 0.2) is 0 Å². The summed E-state index contributed by atoms with van der Waals surface area (Å²) in [5, 5.41) is 10.0. The third-order valence-electron chi connectivity index (χ3n) is 9.77. The molecule has 2 nitrogen and oxygen atoms in total. The molecule has 0 atom stereocenters. The molecule has 0 fully saturated rings. The van der Waals surface area contributed by atoms with Crippen LogP contribution in [-0.4, -0.2) is 4.98 Å². The Morgan fingerprint density at radius 3 is 1.57 bits per heavy atom. The van der Waals surface area contributed by atoms with Gasteiger partial charge >= 0.3 is 0 Å². The molecule has 10 rings (SSSR count). The predicted octanol–water partition coefficient (Wildman–Crippen LogP) is 12.5. The molecule has 8 aromatic carbocycles. The lowest BCUT2D eigenvalue weighted by molar-refractivity contribution is 0.670. The second-order valence-corrected chi connectivity index (χ2v) is 12.3. The number of hydrogen-bond acceptors (Lipinski definition) is 2. The highest BCUT2D eigenvalue weighted by atomic mass is 16.3.